The van der Waals surface area contributed by atoms with Crippen LogP contribution in [-0.2, 0) is 6.18 Å². The predicted molar refractivity (Wildman–Crippen MR) is 91.6 cm³/mol. The van der Waals surface area contributed by atoms with Crippen LogP contribution in [0.3, 0.4) is 0 Å². The van der Waals surface area contributed by atoms with Gasteiger partial charge in [0.1, 0.15) is 0 Å². The molecule has 2 nitrogen and oxygen atoms in total. The van der Waals surface area contributed by atoms with Gasteiger partial charge in [-0.3, -0.25) is 0 Å². The number of rotatable bonds is 10. The second-order valence-electron chi connectivity index (χ2n) is 6.35. The molecule has 1 aromatic rings. The normalized spacial score (nSPS) is 12.6. The summed E-state index contributed by atoms with van der Waals surface area (Å²) in [5, 5.41) is 0. The van der Waals surface area contributed by atoms with Gasteiger partial charge in [0.05, 0.1) is 0 Å². The molecule has 1 heterocycles. The summed E-state index contributed by atoms with van der Waals surface area (Å²) in [4.78, 5) is 8.40. The molecule has 0 amide bonds. The van der Waals surface area contributed by atoms with Gasteiger partial charge >= 0.3 is 142 Å². The van der Waals surface area contributed by atoms with Crippen LogP contribution >= 0.6 is 0 Å². The van der Waals surface area contributed by atoms with Crippen molar-refractivity contribution < 1.29 is 13.2 Å². The van der Waals surface area contributed by atoms with E-state index in [4.69, 9.17) is 0 Å². The van der Waals surface area contributed by atoms with Gasteiger partial charge in [0.15, 0.2) is 0 Å². The molecule has 0 unspecified atom stereocenters. The number of nitrogens with zero attached hydrogens (tertiary/aromatic N) is 2. The fraction of sp³-hybridized carbons (Fsp3) is 0.765. The third kappa shape index (κ3) is 6.23. The van der Waals surface area contributed by atoms with Gasteiger partial charge in [-0.2, -0.15) is 0 Å². The van der Waals surface area contributed by atoms with Crippen LogP contribution in [-0.4, -0.2) is 28.3 Å². The molecule has 0 saturated carbocycles. The molecule has 0 spiro atoms. The first-order chi connectivity index (χ1) is 10.9. The van der Waals surface area contributed by atoms with Gasteiger partial charge in [0, 0.05) is 0 Å². The average molecular weight is 437 g/mol. The molecule has 23 heavy (non-hydrogen) atoms. The van der Waals surface area contributed by atoms with Crippen LogP contribution in [0.15, 0.2) is 12.3 Å². The van der Waals surface area contributed by atoms with Crippen LogP contribution in [0.4, 0.5) is 13.2 Å². The second-order valence-corrected chi connectivity index (χ2v) is 19.2. The maximum atomic E-state index is 13.0. The van der Waals surface area contributed by atoms with E-state index in [-0.39, 0.29) is 0 Å². The third-order valence-electron chi connectivity index (χ3n) is 4.45. The summed E-state index contributed by atoms with van der Waals surface area (Å²) in [5.41, 5.74) is -0.770. The molecule has 6 heteroatoms. The van der Waals surface area contributed by atoms with Gasteiger partial charge in [-0.25, -0.2) is 0 Å². The Hall–Kier alpha value is -0.331. The summed E-state index contributed by atoms with van der Waals surface area (Å²) in [6, 6.07) is 1.000. The molecule has 0 aliphatic heterocycles. The van der Waals surface area contributed by atoms with Crippen molar-refractivity contribution in [2.24, 2.45) is 0 Å². The van der Waals surface area contributed by atoms with E-state index in [1.165, 1.54) is 6.20 Å². The van der Waals surface area contributed by atoms with Crippen molar-refractivity contribution in [2.45, 2.75) is 78.8 Å². The number of alkyl halides is 3. The zero-order valence-corrected chi connectivity index (χ0v) is 17.4. The first-order valence-corrected chi connectivity index (χ1v) is 16.3. The molecule has 1 rings (SSSR count). The van der Waals surface area contributed by atoms with Crippen molar-refractivity contribution in [1.29, 1.82) is 0 Å². The summed E-state index contributed by atoms with van der Waals surface area (Å²) in [6.07, 6.45) is 3.44. The van der Waals surface area contributed by atoms with Crippen molar-refractivity contribution in [3.05, 3.63) is 18.0 Å². The van der Waals surface area contributed by atoms with Gasteiger partial charge in [-0.1, -0.05) is 0 Å². The van der Waals surface area contributed by atoms with Crippen LogP contribution in [0.5, 0.6) is 0 Å². The minimum absolute atomic E-state index is 0.601. The Morgan fingerprint density at radius 1 is 0.913 bits per heavy atom. The number of unbranched alkanes of at least 4 members (excludes halogenated alkanes) is 3. The fourth-order valence-electron chi connectivity index (χ4n) is 3.03. The van der Waals surface area contributed by atoms with Crippen molar-refractivity contribution in [1.82, 2.24) is 9.97 Å². The van der Waals surface area contributed by atoms with Crippen LogP contribution < -0.4 is 3.84 Å². The number of hydrogen-bond acceptors (Lipinski definition) is 2. The molecule has 0 saturated heterocycles. The Morgan fingerprint density at radius 2 is 1.39 bits per heavy atom. The quantitative estimate of drug-likeness (QED) is 0.449. The van der Waals surface area contributed by atoms with Crippen molar-refractivity contribution >= 4 is 22.2 Å². The van der Waals surface area contributed by atoms with E-state index in [0.29, 0.717) is 3.84 Å². The molecule has 0 N–H and O–H groups in total. The van der Waals surface area contributed by atoms with E-state index < -0.39 is 30.2 Å². The molecular formula is C17H29F3N2Sn. The monoisotopic (exact) mass is 438 g/mol. The van der Waals surface area contributed by atoms with E-state index >= 15 is 0 Å². The van der Waals surface area contributed by atoms with E-state index in [2.05, 4.69) is 30.7 Å². The van der Waals surface area contributed by atoms with E-state index in [1.54, 1.807) is 0 Å². The first kappa shape index (κ1) is 20.7. The molecular weight excluding hydrogens is 408 g/mol. The zero-order valence-electron chi connectivity index (χ0n) is 14.5. The van der Waals surface area contributed by atoms with Gasteiger partial charge in [-0.05, 0) is 0 Å². The van der Waals surface area contributed by atoms with E-state index in [0.717, 1.165) is 57.9 Å². The Morgan fingerprint density at radius 3 is 1.78 bits per heavy atom. The van der Waals surface area contributed by atoms with Crippen LogP contribution in [0.2, 0.25) is 13.3 Å². The Kier molecular flexibility index (Phi) is 8.86. The van der Waals surface area contributed by atoms with Crippen LogP contribution in [0.1, 0.15) is 65.0 Å². The topological polar surface area (TPSA) is 25.8 Å². The fourth-order valence-corrected chi connectivity index (χ4v) is 17.9. The molecule has 132 valence electrons. The number of hydrogen-bond donors (Lipinski definition) is 0. The summed E-state index contributed by atoms with van der Waals surface area (Å²) in [5.74, 6) is 0. The summed E-state index contributed by atoms with van der Waals surface area (Å²) < 4.78 is 43.0. The zero-order chi connectivity index (χ0) is 17.3. The van der Waals surface area contributed by atoms with Gasteiger partial charge in [0.2, 0.25) is 0 Å². The average Bonchev–Trinajstić information content (AvgIpc) is 2.54. The molecule has 0 bridgehead atoms. The van der Waals surface area contributed by atoms with Gasteiger partial charge in [0.25, 0.3) is 0 Å². The van der Waals surface area contributed by atoms with Crippen molar-refractivity contribution in [2.75, 3.05) is 0 Å². The Labute approximate surface area is 142 Å². The van der Waals surface area contributed by atoms with E-state index in [1.807, 2.05) is 0 Å². The van der Waals surface area contributed by atoms with Gasteiger partial charge < -0.3 is 0 Å². The molecule has 0 radical (unpaired) electrons. The summed E-state index contributed by atoms with van der Waals surface area (Å²) >= 11 is -2.96. The SMILES string of the molecule is CCC[CH2][Sn]([CH2]CCC)([CH2]CCC)[c]1nccc(C(F)(F)F)n1. The maximum absolute atomic E-state index is 13.0. The summed E-state index contributed by atoms with van der Waals surface area (Å²) in [7, 11) is 0. The Bertz CT molecular complexity index is 442. The molecule has 0 aliphatic carbocycles. The molecule has 0 fully saturated rings. The Balaban J connectivity index is 3.23. The molecule has 0 aliphatic rings. The third-order valence-corrected chi connectivity index (χ3v) is 19.1. The van der Waals surface area contributed by atoms with Crippen molar-refractivity contribution in [3.8, 4) is 0 Å². The first-order valence-electron chi connectivity index (χ1n) is 8.80. The van der Waals surface area contributed by atoms with Gasteiger partial charge in [-0.15, -0.1) is 0 Å². The number of aromatic nitrogens is 2. The molecule has 0 atom stereocenters. The van der Waals surface area contributed by atoms with E-state index in [9.17, 15) is 13.2 Å². The predicted octanol–water partition coefficient (Wildman–Crippen LogP) is 5.55. The van der Waals surface area contributed by atoms with Crippen LogP contribution in [0.25, 0.3) is 0 Å². The van der Waals surface area contributed by atoms with Crippen molar-refractivity contribution in [3.63, 3.8) is 0 Å². The summed E-state index contributed by atoms with van der Waals surface area (Å²) in [6.45, 7) is 6.43. The van der Waals surface area contributed by atoms with Crippen LogP contribution in [0, 0.1) is 0 Å². The second kappa shape index (κ2) is 9.84. The standard InChI is InChI=1S/C5H2F3N2.3C4H9.Sn/c6-5(7,8)4-1-2-9-3-10-4;3*1-3-4-2;/h1-2H;3*1,3-4H2,2H3;. The number of halogens is 3. The molecule has 1 aromatic heterocycles. The minimum atomic E-state index is -4.38. The molecule has 0 aromatic carbocycles.